The largest absolute Gasteiger partial charge is 0.497 e. The number of rotatable bonds is 4. The minimum absolute atomic E-state index is 0.0403. The lowest BCUT2D eigenvalue weighted by molar-refractivity contribution is -0.135. The van der Waals surface area contributed by atoms with Crippen molar-refractivity contribution in [3.05, 3.63) is 24.3 Å². The number of nitrogens with zero attached hydrogens (tertiary/aromatic N) is 2. The van der Waals surface area contributed by atoms with E-state index in [9.17, 15) is 13.2 Å². The minimum atomic E-state index is -3.68. The zero-order chi connectivity index (χ0) is 18.0. The summed E-state index contributed by atoms with van der Waals surface area (Å²) in [5, 5.41) is 0. The predicted octanol–water partition coefficient (Wildman–Crippen LogP) is 2.11. The monoisotopic (exact) mass is 366 g/mol. The predicted molar refractivity (Wildman–Crippen MR) is 94.9 cm³/mol. The molecule has 1 aromatic carbocycles. The molecule has 2 heterocycles. The number of hydrogen-bond acceptors (Lipinski definition) is 4. The number of benzene rings is 1. The maximum absolute atomic E-state index is 13.0. The van der Waals surface area contributed by atoms with E-state index in [1.165, 1.54) is 23.5 Å². The summed E-state index contributed by atoms with van der Waals surface area (Å²) in [6, 6.07) is 5.77. The van der Waals surface area contributed by atoms with Crippen molar-refractivity contribution in [2.24, 2.45) is 5.92 Å². The van der Waals surface area contributed by atoms with Crippen molar-refractivity contribution in [2.75, 3.05) is 26.7 Å². The van der Waals surface area contributed by atoms with Crippen LogP contribution in [0.1, 0.15) is 32.6 Å². The normalized spacial score (nSPS) is 23.0. The van der Waals surface area contributed by atoms with Crippen molar-refractivity contribution in [3.63, 3.8) is 0 Å². The average molecular weight is 366 g/mol. The number of methoxy groups -OCH3 is 1. The molecule has 1 aromatic rings. The Kier molecular flexibility index (Phi) is 5.34. The van der Waals surface area contributed by atoms with Crippen molar-refractivity contribution < 1.29 is 17.9 Å². The van der Waals surface area contributed by atoms with Gasteiger partial charge in [-0.2, -0.15) is 4.31 Å². The zero-order valence-electron chi connectivity index (χ0n) is 14.8. The van der Waals surface area contributed by atoms with Crippen molar-refractivity contribution >= 4 is 15.9 Å². The van der Waals surface area contributed by atoms with Gasteiger partial charge >= 0.3 is 0 Å². The number of ether oxygens (including phenoxy) is 1. The molecule has 25 heavy (non-hydrogen) atoms. The van der Waals surface area contributed by atoms with Crippen LogP contribution in [-0.4, -0.2) is 56.3 Å². The van der Waals surface area contributed by atoms with Gasteiger partial charge in [-0.25, -0.2) is 8.42 Å². The number of carbonyl (C=O) groups excluding carboxylic acids is 1. The molecule has 3 rings (SSSR count). The molecule has 2 fully saturated rings. The molecule has 2 aliphatic rings. The second kappa shape index (κ2) is 7.33. The third kappa shape index (κ3) is 3.67. The van der Waals surface area contributed by atoms with Gasteiger partial charge in [0.05, 0.1) is 12.0 Å². The van der Waals surface area contributed by atoms with E-state index in [0.29, 0.717) is 24.6 Å². The van der Waals surface area contributed by atoms with Crippen LogP contribution in [0.4, 0.5) is 0 Å². The number of amides is 1. The van der Waals surface area contributed by atoms with Gasteiger partial charge in [0.25, 0.3) is 0 Å². The molecule has 0 N–H and O–H groups in total. The first kappa shape index (κ1) is 18.2. The van der Waals surface area contributed by atoms with E-state index < -0.39 is 16.1 Å². The van der Waals surface area contributed by atoms with Gasteiger partial charge in [-0.15, -0.1) is 0 Å². The van der Waals surface area contributed by atoms with Crippen LogP contribution < -0.4 is 4.74 Å². The zero-order valence-corrected chi connectivity index (χ0v) is 15.7. The summed E-state index contributed by atoms with van der Waals surface area (Å²) in [5.41, 5.74) is 0. The summed E-state index contributed by atoms with van der Waals surface area (Å²) >= 11 is 0. The average Bonchev–Trinajstić information content (AvgIpc) is 3.12. The van der Waals surface area contributed by atoms with Gasteiger partial charge in [0.1, 0.15) is 11.8 Å². The van der Waals surface area contributed by atoms with E-state index in [1.807, 2.05) is 4.90 Å². The van der Waals surface area contributed by atoms with Gasteiger partial charge in [-0.1, -0.05) is 6.92 Å². The van der Waals surface area contributed by atoms with Crippen LogP contribution >= 0.6 is 0 Å². The summed E-state index contributed by atoms with van der Waals surface area (Å²) in [6.45, 7) is 4.05. The standard InChI is InChI=1S/C18H26N2O4S/c1-14-9-12-19(13-10-14)18(21)17-4-3-11-20(17)25(22,23)16-7-5-15(24-2)6-8-16/h5-8,14,17H,3-4,9-13H2,1-2H3/t17-/m0/s1. The summed E-state index contributed by atoms with van der Waals surface area (Å²) in [5.74, 6) is 1.20. The smallest absolute Gasteiger partial charge is 0.243 e. The van der Waals surface area contributed by atoms with Crippen LogP contribution in [-0.2, 0) is 14.8 Å². The molecule has 2 saturated heterocycles. The third-order valence-corrected chi connectivity index (χ3v) is 7.17. The fourth-order valence-corrected chi connectivity index (χ4v) is 5.25. The van der Waals surface area contributed by atoms with Gasteiger partial charge in [0.15, 0.2) is 0 Å². The number of carbonyl (C=O) groups is 1. The SMILES string of the molecule is COc1ccc(S(=O)(=O)N2CCC[C@H]2C(=O)N2CCC(C)CC2)cc1. The summed E-state index contributed by atoms with van der Waals surface area (Å²) in [7, 11) is -2.14. The van der Waals surface area contributed by atoms with Crippen LogP contribution in [0.3, 0.4) is 0 Å². The Balaban J connectivity index is 1.78. The molecule has 0 unspecified atom stereocenters. The van der Waals surface area contributed by atoms with Crippen LogP contribution in [0.2, 0.25) is 0 Å². The summed E-state index contributed by atoms with van der Waals surface area (Å²) in [4.78, 5) is 14.9. The van der Waals surface area contributed by atoms with Crippen molar-refractivity contribution in [1.29, 1.82) is 0 Å². The third-order valence-electron chi connectivity index (χ3n) is 5.25. The molecular formula is C18H26N2O4S. The summed E-state index contributed by atoms with van der Waals surface area (Å²) in [6.07, 6.45) is 3.30. The Hall–Kier alpha value is -1.60. The molecule has 7 heteroatoms. The molecule has 2 aliphatic heterocycles. The molecule has 138 valence electrons. The van der Waals surface area contributed by atoms with E-state index in [4.69, 9.17) is 4.74 Å². The van der Waals surface area contributed by atoms with Crippen molar-refractivity contribution in [2.45, 2.75) is 43.5 Å². The fraction of sp³-hybridized carbons (Fsp3) is 0.611. The van der Waals surface area contributed by atoms with Crippen molar-refractivity contribution in [1.82, 2.24) is 9.21 Å². The van der Waals surface area contributed by atoms with Crippen LogP contribution in [0.15, 0.2) is 29.2 Å². The second-order valence-corrected chi connectivity index (χ2v) is 8.85. The van der Waals surface area contributed by atoms with Crippen LogP contribution in [0.5, 0.6) is 5.75 Å². The van der Waals surface area contributed by atoms with Gasteiger partial charge in [-0.3, -0.25) is 4.79 Å². The highest BCUT2D eigenvalue weighted by Crippen LogP contribution is 2.29. The molecule has 0 saturated carbocycles. The minimum Gasteiger partial charge on any atom is -0.497 e. The lowest BCUT2D eigenvalue weighted by Gasteiger charge is -2.34. The quantitative estimate of drug-likeness (QED) is 0.818. The Morgan fingerprint density at radius 3 is 2.32 bits per heavy atom. The number of piperidine rings is 1. The Labute approximate surface area is 149 Å². The van der Waals surface area contributed by atoms with E-state index in [0.717, 1.165) is 32.4 Å². The van der Waals surface area contributed by atoms with Gasteiger partial charge < -0.3 is 9.64 Å². The lowest BCUT2D eigenvalue weighted by atomic mass is 9.98. The first-order chi connectivity index (χ1) is 11.9. The maximum atomic E-state index is 13.0. The lowest BCUT2D eigenvalue weighted by Crippen LogP contribution is -2.49. The van der Waals surface area contributed by atoms with Gasteiger partial charge in [-0.05, 0) is 55.9 Å². The molecule has 1 amide bonds. The first-order valence-electron chi connectivity index (χ1n) is 8.88. The van der Waals surface area contributed by atoms with Gasteiger partial charge in [0, 0.05) is 19.6 Å². The Bertz CT molecular complexity index is 709. The molecule has 1 atom stereocenters. The number of sulfonamides is 1. The molecule has 0 spiro atoms. The van der Waals surface area contributed by atoms with E-state index in [1.54, 1.807) is 12.1 Å². The number of likely N-dealkylation sites (tertiary alicyclic amines) is 1. The Morgan fingerprint density at radius 1 is 1.08 bits per heavy atom. The van der Waals surface area contributed by atoms with Crippen LogP contribution in [0.25, 0.3) is 0 Å². The van der Waals surface area contributed by atoms with Gasteiger partial charge in [0.2, 0.25) is 15.9 Å². The topological polar surface area (TPSA) is 66.9 Å². The molecular weight excluding hydrogens is 340 g/mol. The Morgan fingerprint density at radius 2 is 1.72 bits per heavy atom. The van der Waals surface area contributed by atoms with Crippen LogP contribution in [0, 0.1) is 5.92 Å². The van der Waals surface area contributed by atoms with E-state index >= 15 is 0 Å². The highest BCUT2D eigenvalue weighted by Gasteiger charge is 2.41. The molecule has 0 aromatic heterocycles. The van der Waals surface area contributed by atoms with E-state index in [-0.39, 0.29) is 10.8 Å². The highest BCUT2D eigenvalue weighted by molar-refractivity contribution is 7.89. The molecule has 0 bridgehead atoms. The number of hydrogen-bond donors (Lipinski definition) is 0. The van der Waals surface area contributed by atoms with Crippen molar-refractivity contribution in [3.8, 4) is 5.75 Å². The fourth-order valence-electron chi connectivity index (χ4n) is 3.60. The molecule has 6 nitrogen and oxygen atoms in total. The molecule has 0 aliphatic carbocycles. The van der Waals surface area contributed by atoms with E-state index in [2.05, 4.69) is 6.92 Å². The second-order valence-electron chi connectivity index (χ2n) is 6.96. The summed E-state index contributed by atoms with van der Waals surface area (Å²) < 4.78 is 32.5. The molecule has 0 radical (unpaired) electrons. The maximum Gasteiger partial charge on any atom is 0.243 e. The highest BCUT2D eigenvalue weighted by atomic mass is 32.2. The first-order valence-corrected chi connectivity index (χ1v) is 10.3.